The molecule has 6 heteroatoms. The van der Waals surface area contributed by atoms with Gasteiger partial charge in [-0.1, -0.05) is 12.5 Å². The molecule has 0 amide bonds. The number of nitrogens with zero attached hydrogens (tertiary/aromatic N) is 1. The summed E-state index contributed by atoms with van der Waals surface area (Å²) in [5.74, 6) is 0. The Morgan fingerprint density at radius 2 is 1.83 bits per heavy atom. The summed E-state index contributed by atoms with van der Waals surface area (Å²) in [5, 5.41) is 16.0. The van der Waals surface area contributed by atoms with Gasteiger partial charge in [-0.25, -0.2) is 13.6 Å². The number of sulfonamides is 1. The molecule has 3 N–H and O–H groups in total. The normalized spacial score (nSPS) is 24.1. The first-order valence-corrected chi connectivity index (χ1v) is 10.2. The van der Waals surface area contributed by atoms with Crippen LogP contribution < -0.4 is 5.14 Å². The minimum atomic E-state index is -3.80. The highest BCUT2D eigenvalue weighted by molar-refractivity contribution is 7.89. The Balaban J connectivity index is 2.22. The molecule has 0 aromatic heterocycles. The number of nitrogens with two attached hydrogens (primary N) is 1. The van der Waals surface area contributed by atoms with Crippen LogP contribution in [0.25, 0.3) is 0 Å². The zero-order valence-corrected chi connectivity index (χ0v) is 15.9. The molecule has 0 saturated carbocycles. The number of aliphatic hydroxyl groups is 1. The Morgan fingerprint density at radius 3 is 2.38 bits per heavy atom. The van der Waals surface area contributed by atoms with E-state index in [0.717, 1.165) is 24.0 Å². The van der Waals surface area contributed by atoms with Crippen LogP contribution in [-0.2, 0) is 16.4 Å². The van der Waals surface area contributed by atoms with Gasteiger partial charge in [-0.2, -0.15) is 0 Å². The molecule has 136 valence electrons. The summed E-state index contributed by atoms with van der Waals surface area (Å²) in [6.07, 6.45) is 3.19. The number of hydrogen-bond donors (Lipinski definition) is 2. The van der Waals surface area contributed by atoms with E-state index in [9.17, 15) is 13.5 Å². The lowest BCUT2D eigenvalue weighted by molar-refractivity contribution is 0.0416. The lowest BCUT2D eigenvalue weighted by Crippen LogP contribution is -2.47. The Morgan fingerprint density at radius 1 is 1.25 bits per heavy atom. The molecule has 1 aromatic carbocycles. The molecular weight excluding hydrogens is 324 g/mol. The molecule has 0 aliphatic carbocycles. The van der Waals surface area contributed by atoms with Gasteiger partial charge < -0.3 is 5.11 Å². The summed E-state index contributed by atoms with van der Waals surface area (Å²) in [7, 11) is -3.80. The van der Waals surface area contributed by atoms with Gasteiger partial charge in [-0.05, 0) is 63.3 Å². The van der Waals surface area contributed by atoms with Crippen LogP contribution in [0.1, 0.15) is 49.8 Å². The summed E-state index contributed by atoms with van der Waals surface area (Å²) in [4.78, 5) is 2.46. The first kappa shape index (κ1) is 19.4. The van der Waals surface area contributed by atoms with Gasteiger partial charge in [0.05, 0.1) is 11.0 Å². The molecule has 0 bridgehead atoms. The van der Waals surface area contributed by atoms with Gasteiger partial charge in [0.2, 0.25) is 10.0 Å². The minimum Gasteiger partial charge on any atom is -0.391 e. The van der Waals surface area contributed by atoms with Crippen LogP contribution in [0.2, 0.25) is 0 Å². The van der Waals surface area contributed by atoms with Crippen molar-refractivity contribution in [2.75, 3.05) is 6.54 Å². The van der Waals surface area contributed by atoms with E-state index in [4.69, 9.17) is 5.14 Å². The molecule has 1 heterocycles. The molecule has 0 unspecified atom stereocenters. The van der Waals surface area contributed by atoms with E-state index in [0.29, 0.717) is 30.6 Å². The zero-order chi connectivity index (χ0) is 18.1. The van der Waals surface area contributed by atoms with Crippen molar-refractivity contribution in [2.45, 2.75) is 76.5 Å². The summed E-state index contributed by atoms with van der Waals surface area (Å²) < 4.78 is 23.8. The Labute approximate surface area is 145 Å². The number of rotatable bonds is 5. The molecule has 1 aromatic rings. The maximum Gasteiger partial charge on any atom is 0.238 e. The van der Waals surface area contributed by atoms with Gasteiger partial charge in [0.25, 0.3) is 0 Å². The predicted molar refractivity (Wildman–Crippen MR) is 96.5 cm³/mol. The second kappa shape index (κ2) is 7.52. The lowest BCUT2D eigenvalue weighted by atomic mass is 9.95. The van der Waals surface area contributed by atoms with E-state index in [1.807, 2.05) is 13.8 Å². The number of hydrogen-bond acceptors (Lipinski definition) is 4. The molecule has 2 rings (SSSR count). The predicted octanol–water partition coefficient (Wildman–Crippen LogP) is 2.12. The number of benzene rings is 1. The first-order chi connectivity index (χ1) is 11.1. The largest absolute Gasteiger partial charge is 0.391 e. The van der Waals surface area contributed by atoms with Gasteiger partial charge in [-0.15, -0.1) is 0 Å². The van der Waals surface area contributed by atoms with Crippen LogP contribution in [0.5, 0.6) is 0 Å². The minimum absolute atomic E-state index is 0.129. The molecule has 5 nitrogen and oxygen atoms in total. The maximum absolute atomic E-state index is 11.9. The number of aryl methyl sites for hydroxylation is 1. The van der Waals surface area contributed by atoms with Crippen molar-refractivity contribution < 1.29 is 13.5 Å². The average Bonchev–Trinajstić information content (AvgIpc) is 2.47. The highest BCUT2D eigenvalue weighted by Gasteiger charge is 2.27. The molecule has 3 atom stereocenters. The molecule has 0 spiro atoms. The highest BCUT2D eigenvalue weighted by Crippen LogP contribution is 2.26. The fourth-order valence-electron chi connectivity index (χ4n) is 3.75. The monoisotopic (exact) mass is 354 g/mol. The van der Waals surface area contributed by atoms with E-state index in [1.54, 1.807) is 12.1 Å². The summed E-state index contributed by atoms with van der Waals surface area (Å²) in [5.41, 5.74) is 2.53. The van der Waals surface area contributed by atoms with Crippen LogP contribution in [0.3, 0.4) is 0 Å². The fraction of sp³-hybridized carbons (Fsp3) is 0.667. The molecule has 1 aliphatic rings. The molecule has 1 aliphatic heterocycles. The third kappa shape index (κ3) is 4.36. The quantitative estimate of drug-likeness (QED) is 0.848. The Bertz CT molecular complexity index is 678. The lowest BCUT2D eigenvalue weighted by Gasteiger charge is -2.40. The second-order valence-corrected chi connectivity index (χ2v) is 8.74. The van der Waals surface area contributed by atoms with Gasteiger partial charge in [0.1, 0.15) is 0 Å². The van der Waals surface area contributed by atoms with E-state index in [-0.39, 0.29) is 4.90 Å². The summed E-state index contributed by atoms with van der Waals surface area (Å²) >= 11 is 0. The third-order valence-corrected chi connectivity index (χ3v) is 6.37. The van der Waals surface area contributed by atoms with Gasteiger partial charge in [0.15, 0.2) is 0 Å². The smallest absolute Gasteiger partial charge is 0.238 e. The topological polar surface area (TPSA) is 83.6 Å². The van der Waals surface area contributed by atoms with E-state index >= 15 is 0 Å². The van der Waals surface area contributed by atoms with Crippen LogP contribution in [0, 0.1) is 13.8 Å². The van der Waals surface area contributed by atoms with Crippen molar-refractivity contribution >= 4 is 10.0 Å². The van der Waals surface area contributed by atoms with Crippen molar-refractivity contribution in [3.8, 4) is 0 Å². The van der Waals surface area contributed by atoms with Crippen molar-refractivity contribution in [3.63, 3.8) is 0 Å². The number of likely N-dealkylation sites (tertiary alicyclic amines) is 1. The zero-order valence-electron chi connectivity index (χ0n) is 15.1. The Kier molecular flexibility index (Phi) is 6.07. The number of primary sulfonamides is 1. The van der Waals surface area contributed by atoms with Gasteiger partial charge in [-0.3, -0.25) is 4.90 Å². The van der Waals surface area contributed by atoms with Gasteiger partial charge in [0, 0.05) is 25.0 Å². The van der Waals surface area contributed by atoms with Crippen molar-refractivity contribution in [1.29, 1.82) is 0 Å². The SMILES string of the molecule is Cc1ccc(S(N)(=O)=O)c(C[C@@H](O)CN2[C@H](C)CCC[C@@H]2C)c1C. The van der Waals surface area contributed by atoms with Crippen LogP contribution >= 0.6 is 0 Å². The average molecular weight is 355 g/mol. The van der Waals surface area contributed by atoms with Crippen molar-refractivity contribution in [1.82, 2.24) is 4.90 Å². The van der Waals surface area contributed by atoms with E-state index in [2.05, 4.69) is 18.7 Å². The number of aliphatic hydroxyl groups excluding tert-OH is 1. The van der Waals surface area contributed by atoms with E-state index in [1.165, 1.54) is 6.42 Å². The van der Waals surface area contributed by atoms with Crippen LogP contribution in [0.15, 0.2) is 17.0 Å². The van der Waals surface area contributed by atoms with E-state index < -0.39 is 16.1 Å². The van der Waals surface area contributed by atoms with Crippen molar-refractivity contribution in [3.05, 3.63) is 28.8 Å². The number of β-amino-alcohol motifs (C(OH)–C–C–N with tert-alkyl or cyclic N) is 1. The third-order valence-electron chi connectivity index (χ3n) is 5.37. The first-order valence-electron chi connectivity index (χ1n) is 8.67. The summed E-state index contributed by atoms with van der Waals surface area (Å²) in [6.45, 7) is 8.76. The number of piperidine rings is 1. The summed E-state index contributed by atoms with van der Waals surface area (Å²) in [6, 6.07) is 4.20. The fourth-order valence-corrected chi connectivity index (χ4v) is 4.59. The van der Waals surface area contributed by atoms with Crippen LogP contribution in [0.4, 0.5) is 0 Å². The standard InChI is InChI=1S/C18H30N2O3S/c1-12-8-9-18(24(19,22)23)17(15(12)4)10-16(21)11-20-13(2)6-5-7-14(20)3/h8-9,13-14,16,21H,5-7,10-11H2,1-4H3,(H2,19,22,23)/t13-,14+,16-/m1/s1. The van der Waals surface area contributed by atoms with Gasteiger partial charge >= 0.3 is 0 Å². The molecule has 0 radical (unpaired) electrons. The molecule has 1 saturated heterocycles. The second-order valence-electron chi connectivity index (χ2n) is 7.21. The molecular formula is C18H30N2O3S. The maximum atomic E-state index is 11.9. The van der Waals surface area contributed by atoms with Crippen LogP contribution in [-0.4, -0.2) is 43.2 Å². The highest BCUT2D eigenvalue weighted by atomic mass is 32.2. The van der Waals surface area contributed by atoms with Crippen molar-refractivity contribution in [2.24, 2.45) is 5.14 Å². The Hall–Kier alpha value is -0.950. The molecule has 24 heavy (non-hydrogen) atoms. The molecule has 1 fully saturated rings.